The van der Waals surface area contributed by atoms with Crippen LogP contribution in [0, 0.1) is 25.5 Å². The highest BCUT2D eigenvalue weighted by atomic mass is 19.1. The van der Waals surface area contributed by atoms with Crippen LogP contribution in [-0.2, 0) is 0 Å². The van der Waals surface area contributed by atoms with Crippen LogP contribution in [0.25, 0.3) is 22.0 Å². The summed E-state index contributed by atoms with van der Waals surface area (Å²) in [6.45, 7) is 4.13. The number of H-pyrrole nitrogens is 1. The lowest BCUT2D eigenvalue weighted by molar-refractivity contribution is 0.102. The van der Waals surface area contributed by atoms with Gasteiger partial charge in [0.2, 0.25) is 0 Å². The molecule has 6 heteroatoms. The summed E-state index contributed by atoms with van der Waals surface area (Å²) in [6, 6.07) is 14.8. The largest absolute Gasteiger partial charge is 0.304 e. The quantitative estimate of drug-likeness (QED) is 0.504. The number of carbonyl (C=O) groups is 1. The summed E-state index contributed by atoms with van der Waals surface area (Å²) in [4.78, 5) is 12.3. The number of anilines is 1. The van der Waals surface area contributed by atoms with E-state index in [0.717, 1.165) is 28.8 Å². The molecule has 0 aliphatic carbocycles. The third kappa shape index (κ3) is 3.24. The Labute approximate surface area is 160 Å². The first-order valence-electron chi connectivity index (χ1n) is 8.74. The number of hydrogen-bond acceptors (Lipinski definition) is 2. The zero-order valence-corrected chi connectivity index (χ0v) is 15.3. The smallest absolute Gasteiger partial charge is 0.259 e. The maximum atomic E-state index is 13.8. The highest BCUT2D eigenvalue weighted by molar-refractivity contribution is 6.08. The fourth-order valence-electron chi connectivity index (χ4n) is 3.06. The SMILES string of the molecule is Cc1ccc(-c2ccc3c(NC(=O)c4ccc(F)cc4F)n[nH]c3c2)cc1C. The zero-order valence-electron chi connectivity index (χ0n) is 15.3. The molecule has 4 aromatic rings. The molecule has 0 spiro atoms. The van der Waals surface area contributed by atoms with Crippen LogP contribution in [0.3, 0.4) is 0 Å². The molecule has 1 aromatic heterocycles. The highest BCUT2D eigenvalue weighted by Gasteiger charge is 2.16. The van der Waals surface area contributed by atoms with Gasteiger partial charge in [0.05, 0.1) is 11.1 Å². The molecule has 28 heavy (non-hydrogen) atoms. The molecular formula is C22H17F2N3O. The average Bonchev–Trinajstić information content (AvgIpc) is 3.06. The first-order chi connectivity index (χ1) is 13.4. The minimum absolute atomic E-state index is 0.246. The van der Waals surface area contributed by atoms with Gasteiger partial charge in [-0.25, -0.2) is 8.78 Å². The number of amides is 1. The van der Waals surface area contributed by atoms with E-state index in [-0.39, 0.29) is 11.4 Å². The first-order valence-corrected chi connectivity index (χ1v) is 8.74. The fraction of sp³-hybridized carbons (Fsp3) is 0.0909. The number of aryl methyl sites for hydroxylation is 2. The Hall–Kier alpha value is -3.54. The van der Waals surface area contributed by atoms with Gasteiger partial charge in [-0.05, 0) is 60.4 Å². The molecule has 0 unspecified atom stereocenters. The predicted octanol–water partition coefficient (Wildman–Crippen LogP) is 5.38. The van der Waals surface area contributed by atoms with E-state index in [4.69, 9.17) is 0 Å². The van der Waals surface area contributed by atoms with Crippen LogP contribution in [0.15, 0.2) is 54.6 Å². The van der Waals surface area contributed by atoms with Crippen molar-refractivity contribution in [1.82, 2.24) is 10.2 Å². The van der Waals surface area contributed by atoms with Crippen LogP contribution < -0.4 is 5.32 Å². The third-order valence-electron chi connectivity index (χ3n) is 4.81. The van der Waals surface area contributed by atoms with Gasteiger partial charge in [-0.1, -0.05) is 24.3 Å². The Morgan fingerprint density at radius 3 is 2.43 bits per heavy atom. The van der Waals surface area contributed by atoms with Crippen molar-refractivity contribution in [2.24, 2.45) is 0 Å². The van der Waals surface area contributed by atoms with E-state index < -0.39 is 17.5 Å². The molecule has 0 aliphatic heterocycles. The van der Waals surface area contributed by atoms with Gasteiger partial charge in [0.25, 0.3) is 5.91 Å². The van der Waals surface area contributed by atoms with Crippen LogP contribution in [0.1, 0.15) is 21.5 Å². The van der Waals surface area contributed by atoms with E-state index in [2.05, 4.69) is 47.6 Å². The van der Waals surface area contributed by atoms with Crippen molar-refractivity contribution in [2.45, 2.75) is 13.8 Å². The Kier molecular flexibility index (Phi) is 4.39. The van der Waals surface area contributed by atoms with E-state index in [9.17, 15) is 13.6 Å². The van der Waals surface area contributed by atoms with Gasteiger partial charge < -0.3 is 5.32 Å². The lowest BCUT2D eigenvalue weighted by Gasteiger charge is -2.06. The van der Waals surface area contributed by atoms with E-state index in [1.165, 1.54) is 11.1 Å². The van der Waals surface area contributed by atoms with Crippen molar-refractivity contribution in [1.29, 1.82) is 0 Å². The molecule has 0 radical (unpaired) electrons. The standard InChI is InChI=1S/C22H17F2N3O/c1-12-3-4-14(9-13(12)2)15-5-7-18-20(10-15)26-27-21(18)25-22(28)17-8-6-16(23)11-19(17)24/h3-11H,1-2H3,(H2,25,26,27,28). The number of halogens is 2. The summed E-state index contributed by atoms with van der Waals surface area (Å²) >= 11 is 0. The number of benzene rings is 3. The van der Waals surface area contributed by atoms with Gasteiger partial charge in [0.1, 0.15) is 11.6 Å². The number of aromatic nitrogens is 2. The topological polar surface area (TPSA) is 57.8 Å². The first kappa shape index (κ1) is 17.9. The van der Waals surface area contributed by atoms with Crippen molar-refractivity contribution < 1.29 is 13.6 Å². The van der Waals surface area contributed by atoms with E-state index in [1.54, 1.807) is 0 Å². The number of hydrogen-bond donors (Lipinski definition) is 2. The van der Waals surface area contributed by atoms with Gasteiger partial charge >= 0.3 is 0 Å². The van der Waals surface area contributed by atoms with Crippen LogP contribution in [-0.4, -0.2) is 16.1 Å². The number of carbonyl (C=O) groups excluding carboxylic acids is 1. The van der Waals surface area contributed by atoms with Gasteiger partial charge in [0.15, 0.2) is 5.82 Å². The van der Waals surface area contributed by atoms with E-state index in [1.807, 2.05) is 18.2 Å². The van der Waals surface area contributed by atoms with E-state index >= 15 is 0 Å². The van der Waals surface area contributed by atoms with Crippen molar-refractivity contribution in [3.8, 4) is 11.1 Å². The van der Waals surface area contributed by atoms with Crippen molar-refractivity contribution in [3.63, 3.8) is 0 Å². The summed E-state index contributed by atoms with van der Waals surface area (Å²) in [5, 5.41) is 10.3. The molecule has 2 N–H and O–H groups in total. The van der Waals surface area contributed by atoms with Gasteiger partial charge in [-0.15, -0.1) is 0 Å². The molecule has 1 amide bonds. The molecule has 0 saturated carbocycles. The van der Waals surface area contributed by atoms with Crippen LogP contribution in [0.5, 0.6) is 0 Å². The van der Waals surface area contributed by atoms with Crippen molar-refractivity contribution in [2.75, 3.05) is 5.32 Å². The number of fused-ring (bicyclic) bond motifs is 1. The maximum absolute atomic E-state index is 13.8. The molecule has 0 saturated heterocycles. The summed E-state index contributed by atoms with van der Waals surface area (Å²) in [6.07, 6.45) is 0. The monoisotopic (exact) mass is 377 g/mol. The molecule has 0 aliphatic rings. The molecular weight excluding hydrogens is 360 g/mol. The van der Waals surface area contributed by atoms with Crippen LogP contribution in [0.2, 0.25) is 0 Å². The average molecular weight is 377 g/mol. The summed E-state index contributed by atoms with van der Waals surface area (Å²) < 4.78 is 26.8. The number of nitrogens with zero attached hydrogens (tertiary/aromatic N) is 1. The Morgan fingerprint density at radius 2 is 1.68 bits per heavy atom. The molecule has 4 nitrogen and oxygen atoms in total. The summed E-state index contributed by atoms with van der Waals surface area (Å²) in [5.41, 5.74) is 5.02. The third-order valence-corrected chi connectivity index (χ3v) is 4.81. The van der Waals surface area contributed by atoms with Gasteiger partial charge in [0, 0.05) is 11.5 Å². The molecule has 4 rings (SSSR count). The second kappa shape index (κ2) is 6.88. The lowest BCUT2D eigenvalue weighted by atomic mass is 10.00. The predicted molar refractivity (Wildman–Crippen MR) is 105 cm³/mol. The second-order valence-electron chi connectivity index (χ2n) is 6.71. The number of aromatic amines is 1. The Bertz CT molecular complexity index is 1210. The molecule has 140 valence electrons. The van der Waals surface area contributed by atoms with Crippen LogP contribution >= 0.6 is 0 Å². The van der Waals surface area contributed by atoms with Crippen molar-refractivity contribution in [3.05, 3.63) is 82.9 Å². The maximum Gasteiger partial charge on any atom is 0.259 e. The molecule has 1 heterocycles. The zero-order chi connectivity index (χ0) is 19.8. The van der Waals surface area contributed by atoms with Gasteiger partial charge in [-0.3, -0.25) is 9.89 Å². The number of nitrogens with one attached hydrogen (secondary N) is 2. The van der Waals surface area contributed by atoms with Crippen molar-refractivity contribution >= 4 is 22.6 Å². The van der Waals surface area contributed by atoms with Crippen LogP contribution in [0.4, 0.5) is 14.6 Å². The highest BCUT2D eigenvalue weighted by Crippen LogP contribution is 2.28. The normalized spacial score (nSPS) is 11.0. The molecule has 0 bridgehead atoms. The second-order valence-corrected chi connectivity index (χ2v) is 6.71. The Balaban J connectivity index is 1.64. The minimum Gasteiger partial charge on any atom is -0.304 e. The lowest BCUT2D eigenvalue weighted by Crippen LogP contribution is -2.14. The molecule has 3 aromatic carbocycles. The Morgan fingerprint density at radius 1 is 0.929 bits per heavy atom. The molecule has 0 fully saturated rings. The minimum atomic E-state index is -0.922. The molecule has 0 atom stereocenters. The summed E-state index contributed by atoms with van der Waals surface area (Å²) in [7, 11) is 0. The summed E-state index contributed by atoms with van der Waals surface area (Å²) in [5.74, 6) is -2.06. The van der Waals surface area contributed by atoms with E-state index in [0.29, 0.717) is 11.5 Å². The van der Waals surface area contributed by atoms with Gasteiger partial charge in [-0.2, -0.15) is 5.10 Å². The number of rotatable bonds is 3. The fourth-order valence-corrected chi connectivity index (χ4v) is 3.06.